The summed E-state index contributed by atoms with van der Waals surface area (Å²) < 4.78 is 25.3. The minimum atomic E-state index is -2.99. The van der Waals surface area contributed by atoms with Crippen molar-refractivity contribution in [2.24, 2.45) is 11.8 Å². The summed E-state index contributed by atoms with van der Waals surface area (Å²) in [7, 11) is -2.99. The normalized spacial score (nSPS) is 35.3. The standard InChI is InChI=1S/C11H21NO3S/c13-9-11-5-3-4-10(11)8-12-6-1-2-7-16(12,14)15/h10-11,13H,1-9H2. The van der Waals surface area contributed by atoms with Crippen molar-refractivity contribution >= 4 is 10.0 Å². The van der Waals surface area contributed by atoms with Gasteiger partial charge >= 0.3 is 0 Å². The van der Waals surface area contributed by atoms with Gasteiger partial charge in [-0.3, -0.25) is 0 Å². The average Bonchev–Trinajstić information content (AvgIpc) is 2.68. The highest BCUT2D eigenvalue weighted by atomic mass is 32.2. The quantitative estimate of drug-likeness (QED) is 0.803. The molecule has 4 nitrogen and oxygen atoms in total. The van der Waals surface area contributed by atoms with Crippen LogP contribution in [0.1, 0.15) is 32.1 Å². The molecule has 0 aromatic heterocycles. The van der Waals surface area contributed by atoms with Crippen molar-refractivity contribution in [1.82, 2.24) is 4.31 Å². The van der Waals surface area contributed by atoms with E-state index in [0.717, 1.165) is 32.1 Å². The summed E-state index contributed by atoms with van der Waals surface area (Å²) in [5, 5.41) is 9.23. The van der Waals surface area contributed by atoms with Crippen molar-refractivity contribution in [3.05, 3.63) is 0 Å². The van der Waals surface area contributed by atoms with Crippen LogP contribution in [0, 0.1) is 11.8 Å². The summed E-state index contributed by atoms with van der Waals surface area (Å²) in [6.07, 6.45) is 5.03. The second kappa shape index (κ2) is 5.02. The molecule has 0 aromatic carbocycles. The molecule has 94 valence electrons. The molecule has 1 aliphatic heterocycles. The highest BCUT2D eigenvalue weighted by molar-refractivity contribution is 7.89. The fourth-order valence-corrected chi connectivity index (χ4v) is 4.55. The maximum atomic E-state index is 11.8. The molecule has 1 saturated carbocycles. The maximum absolute atomic E-state index is 11.8. The van der Waals surface area contributed by atoms with Gasteiger partial charge in [-0.05, 0) is 37.5 Å². The van der Waals surface area contributed by atoms with Crippen molar-refractivity contribution < 1.29 is 13.5 Å². The van der Waals surface area contributed by atoms with Gasteiger partial charge in [0.05, 0.1) is 5.75 Å². The Hall–Kier alpha value is -0.130. The predicted octanol–water partition coefficient (Wildman–Crippen LogP) is 0.821. The van der Waals surface area contributed by atoms with Gasteiger partial charge in [0.1, 0.15) is 0 Å². The highest BCUT2D eigenvalue weighted by Crippen LogP contribution is 2.33. The molecule has 0 spiro atoms. The van der Waals surface area contributed by atoms with Crippen LogP contribution in [0.15, 0.2) is 0 Å². The summed E-state index contributed by atoms with van der Waals surface area (Å²) in [5.74, 6) is 0.999. The van der Waals surface area contributed by atoms with Crippen molar-refractivity contribution in [2.45, 2.75) is 32.1 Å². The fraction of sp³-hybridized carbons (Fsp3) is 1.00. The van der Waals surface area contributed by atoms with E-state index < -0.39 is 10.0 Å². The van der Waals surface area contributed by atoms with Gasteiger partial charge in [0.25, 0.3) is 0 Å². The molecule has 16 heavy (non-hydrogen) atoms. The van der Waals surface area contributed by atoms with E-state index in [1.165, 1.54) is 0 Å². The molecule has 1 N–H and O–H groups in total. The first kappa shape index (κ1) is 12.3. The molecule has 2 fully saturated rings. The predicted molar refractivity (Wildman–Crippen MR) is 62.5 cm³/mol. The Bertz CT molecular complexity index is 328. The first-order valence-electron chi connectivity index (χ1n) is 6.22. The summed E-state index contributed by atoms with van der Waals surface area (Å²) in [6, 6.07) is 0. The number of aliphatic hydroxyl groups excluding tert-OH is 1. The Balaban J connectivity index is 1.98. The van der Waals surface area contributed by atoms with Crippen molar-refractivity contribution in [3.63, 3.8) is 0 Å². The van der Waals surface area contributed by atoms with Gasteiger partial charge in [-0.25, -0.2) is 12.7 Å². The van der Waals surface area contributed by atoms with Crippen LogP contribution < -0.4 is 0 Å². The van der Waals surface area contributed by atoms with Gasteiger partial charge in [0, 0.05) is 19.7 Å². The van der Waals surface area contributed by atoms with Gasteiger partial charge in [-0.15, -0.1) is 0 Å². The molecular weight excluding hydrogens is 226 g/mol. The van der Waals surface area contributed by atoms with Crippen LogP contribution in [0.25, 0.3) is 0 Å². The van der Waals surface area contributed by atoms with Crippen LogP contribution in [-0.2, 0) is 10.0 Å². The molecule has 2 aliphatic rings. The second-order valence-electron chi connectivity index (χ2n) is 5.01. The highest BCUT2D eigenvalue weighted by Gasteiger charge is 2.33. The zero-order valence-electron chi connectivity index (χ0n) is 9.64. The van der Waals surface area contributed by atoms with E-state index in [4.69, 9.17) is 0 Å². The Morgan fingerprint density at radius 1 is 1.12 bits per heavy atom. The summed E-state index contributed by atoms with van der Waals surface area (Å²) in [6.45, 7) is 1.52. The summed E-state index contributed by atoms with van der Waals surface area (Å²) in [5.41, 5.74) is 0. The Morgan fingerprint density at radius 2 is 1.88 bits per heavy atom. The van der Waals surface area contributed by atoms with Crippen LogP contribution in [0.5, 0.6) is 0 Å². The lowest BCUT2D eigenvalue weighted by Crippen LogP contribution is -2.41. The van der Waals surface area contributed by atoms with Gasteiger partial charge in [0.15, 0.2) is 0 Å². The second-order valence-corrected chi connectivity index (χ2v) is 7.10. The fourth-order valence-electron chi connectivity index (χ4n) is 2.90. The molecule has 1 heterocycles. The lowest BCUT2D eigenvalue weighted by atomic mass is 9.97. The van der Waals surface area contributed by atoms with E-state index in [-0.39, 0.29) is 6.61 Å². The minimum Gasteiger partial charge on any atom is -0.396 e. The smallest absolute Gasteiger partial charge is 0.214 e. The van der Waals surface area contributed by atoms with Gasteiger partial charge in [-0.2, -0.15) is 0 Å². The molecule has 0 radical (unpaired) electrons. The zero-order valence-corrected chi connectivity index (χ0v) is 10.5. The molecule has 0 amide bonds. The molecule has 2 rings (SSSR count). The Kier molecular flexibility index (Phi) is 3.87. The number of nitrogens with zero attached hydrogens (tertiary/aromatic N) is 1. The van der Waals surface area contributed by atoms with E-state index in [2.05, 4.69) is 0 Å². The van der Waals surface area contributed by atoms with Crippen LogP contribution in [-0.4, -0.2) is 43.3 Å². The monoisotopic (exact) mass is 247 g/mol. The maximum Gasteiger partial charge on any atom is 0.214 e. The van der Waals surface area contributed by atoms with E-state index in [0.29, 0.717) is 30.7 Å². The first-order valence-corrected chi connectivity index (χ1v) is 7.83. The number of sulfonamides is 1. The number of aliphatic hydroxyl groups is 1. The molecule has 1 saturated heterocycles. The number of hydrogen-bond acceptors (Lipinski definition) is 3. The van der Waals surface area contributed by atoms with E-state index in [9.17, 15) is 13.5 Å². The molecule has 0 bridgehead atoms. The van der Waals surface area contributed by atoms with E-state index >= 15 is 0 Å². The number of rotatable bonds is 3. The van der Waals surface area contributed by atoms with Crippen LogP contribution in [0.2, 0.25) is 0 Å². The topological polar surface area (TPSA) is 57.6 Å². The summed E-state index contributed by atoms with van der Waals surface area (Å²) in [4.78, 5) is 0. The van der Waals surface area contributed by atoms with Crippen LogP contribution in [0.4, 0.5) is 0 Å². The van der Waals surface area contributed by atoms with E-state index in [1.54, 1.807) is 4.31 Å². The Morgan fingerprint density at radius 3 is 2.56 bits per heavy atom. The minimum absolute atomic E-state index is 0.207. The lowest BCUT2D eigenvalue weighted by molar-refractivity contribution is 0.177. The van der Waals surface area contributed by atoms with Crippen molar-refractivity contribution in [2.75, 3.05) is 25.4 Å². The zero-order chi connectivity index (χ0) is 11.6. The largest absolute Gasteiger partial charge is 0.396 e. The number of hydrogen-bond donors (Lipinski definition) is 1. The third-order valence-electron chi connectivity index (χ3n) is 3.94. The lowest BCUT2D eigenvalue weighted by Gasteiger charge is -2.30. The molecular formula is C11H21NO3S. The molecule has 5 heteroatoms. The molecule has 1 aliphatic carbocycles. The van der Waals surface area contributed by atoms with Gasteiger partial charge < -0.3 is 5.11 Å². The van der Waals surface area contributed by atoms with Crippen molar-refractivity contribution in [1.29, 1.82) is 0 Å². The third-order valence-corrected chi connectivity index (χ3v) is 5.87. The SMILES string of the molecule is O=S1(=O)CCCCN1CC1CCCC1CO. The van der Waals surface area contributed by atoms with Crippen molar-refractivity contribution in [3.8, 4) is 0 Å². The Labute approximate surface area is 97.7 Å². The molecule has 2 atom stereocenters. The van der Waals surface area contributed by atoms with Gasteiger partial charge in [-0.1, -0.05) is 6.42 Å². The molecule has 0 aromatic rings. The van der Waals surface area contributed by atoms with Crippen LogP contribution >= 0.6 is 0 Å². The third kappa shape index (κ3) is 2.57. The molecule has 2 unspecified atom stereocenters. The average molecular weight is 247 g/mol. The van der Waals surface area contributed by atoms with Gasteiger partial charge in [0.2, 0.25) is 10.0 Å². The van der Waals surface area contributed by atoms with Crippen LogP contribution in [0.3, 0.4) is 0 Å². The first-order chi connectivity index (χ1) is 7.63. The summed E-state index contributed by atoms with van der Waals surface area (Å²) >= 11 is 0. The van der Waals surface area contributed by atoms with E-state index in [1.807, 2.05) is 0 Å².